The molecule has 0 aliphatic heterocycles. The highest BCUT2D eigenvalue weighted by Gasteiger charge is 2.18. The van der Waals surface area contributed by atoms with Crippen molar-refractivity contribution < 1.29 is 4.79 Å². The Morgan fingerprint density at radius 3 is 2.11 bits per heavy atom. The summed E-state index contributed by atoms with van der Waals surface area (Å²) in [5, 5.41) is 1.59. The van der Waals surface area contributed by atoms with Gasteiger partial charge in [0.15, 0.2) is 0 Å². The van der Waals surface area contributed by atoms with Gasteiger partial charge in [0.1, 0.15) is 6.04 Å². The molecule has 0 aliphatic carbocycles. The summed E-state index contributed by atoms with van der Waals surface area (Å²) in [4.78, 5) is 11.8. The zero-order valence-corrected chi connectivity index (χ0v) is 11.8. The molecule has 0 saturated carbocycles. The van der Waals surface area contributed by atoms with Crippen LogP contribution in [0.3, 0.4) is 0 Å². The average molecular weight is 249 g/mol. The number of nitrogens with one attached hydrogen (secondary N) is 1. The van der Waals surface area contributed by atoms with Crippen molar-refractivity contribution in [2.24, 2.45) is 5.73 Å². The lowest BCUT2D eigenvalue weighted by molar-refractivity contribution is -0.126. The molecule has 0 aliphatic rings. The third-order valence-electron chi connectivity index (χ3n) is 2.75. The molecule has 0 bridgehead atoms. The molecule has 1 atom stereocenters. The number of rotatable bonds is 3. The van der Waals surface area contributed by atoms with E-state index in [4.69, 9.17) is 5.73 Å². The van der Waals surface area contributed by atoms with E-state index < -0.39 is 6.04 Å². The van der Waals surface area contributed by atoms with Crippen molar-refractivity contribution in [1.29, 1.82) is 0 Å². The van der Waals surface area contributed by atoms with Gasteiger partial charge in [-0.3, -0.25) is 10.2 Å². The van der Waals surface area contributed by atoms with Crippen LogP contribution in [0.4, 0.5) is 0 Å². The van der Waals surface area contributed by atoms with Crippen molar-refractivity contribution in [2.75, 3.05) is 14.1 Å². The minimum atomic E-state index is -0.638. The van der Waals surface area contributed by atoms with Crippen LogP contribution >= 0.6 is 0 Å². The van der Waals surface area contributed by atoms with Crippen LogP contribution in [-0.2, 0) is 10.2 Å². The largest absolute Gasteiger partial charge is 0.316 e. The van der Waals surface area contributed by atoms with E-state index in [9.17, 15) is 4.79 Å². The average Bonchev–Trinajstić information content (AvgIpc) is 2.26. The molecule has 1 rings (SSSR count). The smallest absolute Gasteiger partial charge is 0.255 e. The molecule has 100 valence electrons. The van der Waals surface area contributed by atoms with E-state index in [1.165, 1.54) is 5.56 Å². The fourth-order valence-electron chi connectivity index (χ4n) is 1.63. The Balaban J connectivity index is 2.82. The minimum absolute atomic E-state index is 0.106. The molecule has 1 aromatic rings. The number of benzene rings is 1. The highest BCUT2D eigenvalue weighted by molar-refractivity contribution is 5.82. The van der Waals surface area contributed by atoms with E-state index in [2.05, 4.69) is 26.2 Å². The highest BCUT2D eigenvalue weighted by Crippen LogP contribution is 2.23. The number of carbonyl (C=O) groups excluding carboxylic acids is 1. The Bertz CT molecular complexity index is 404. The molecule has 3 N–H and O–H groups in total. The fourth-order valence-corrected chi connectivity index (χ4v) is 1.63. The summed E-state index contributed by atoms with van der Waals surface area (Å²) in [6.45, 7) is 6.46. The predicted molar refractivity (Wildman–Crippen MR) is 73.9 cm³/mol. The molecular formula is C14H23N3O. The van der Waals surface area contributed by atoms with Gasteiger partial charge in [0.25, 0.3) is 5.91 Å². The van der Waals surface area contributed by atoms with Crippen LogP contribution < -0.4 is 11.2 Å². The van der Waals surface area contributed by atoms with Crippen LogP contribution in [0, 0.1) is 0 Å². The summed E-state index contributed by atoms with van der Waals surface area (Å²) in [6.07, 6.45) is 0. The number of hydrogen-bond acceptors (Lipinski definition) is 3. The Morgan fingerprint density at radius 2 is 1.72 bits per heavy atom. The number of carbonyl (C=O) groups is 1. The van der Waals surface area contributed by atoms with E-state index in [0.29, 0.717) is 0 Å². The predicted octanol–water partition coefficient (Wildman–Crippen LogP) is 1.58. The Kier molecular flexibility index (Phi) is 4.48. The topological polar surface area (TPSA) is 58.4 Å². The maximum absolute atomic E-state index is 11.8. The second kappa shape index (κ2) is 5.50. The molecule has 0 fully saturated rings. The monoisotopic (exact) mass is 249 g/mol. The van der Waals surface area contributed by atoms with Crippen molar-refractivity contribution in [2.45, 2.75) is 32.2 Å². The van der Waals surface area contributed by atoms with Gasteiger partial charge in [-0.25, -0.2) is 5.01 Å². The summed E-state index contributed by atoms with van der Waals surface area (Å²) >= 11 is 0. The first-order valence-corrected chi connectivity index (χ1v) is 6.05. The molecule has 0 radical (unpaired) electrons. The van der Waals surface area contributed by atoms with Gasteiger partial charge in [-0.1, -0.05) is 45.0 Å². The maximum atomic E-state index is 11.8. The zero-order chi connectivity index (χ0) is 13.9. The molecule has 4 nitrogen and oxygen atoms in total. The molecule has 0 heterocycles. The summed E-state index contributed by atoms with van der Waals surface area (Å²) in [5.74, 6) is -0.205. The van der Waals surface area contributed by atoms with Crippen molar-refractivity contribution >= 4 is 5.91 Å². The van der Waals surface area contributed by atoms with Crippen LogP contribution in [0.2, 0.25) is 0 Å². The van der Waals surface area contributed by atoms with Crippen LogP contribution in [0.1, 0.15) is 37.9 Å². The van der Waals surface area contributed by atoms with Gasteiger partial charge in [0.05, 0.1) is 0 Å². The van der Waals surface area contributed by atoms with Gasteiger partial charge >= 0.3 is 0 Å². The van der Waals surface area contributed by atoms with Crippen LogP contribution in [0.5, 0.6) is 0 Å². The Hall–Kier alpha value is -1.39. The van der Waals surface area contributed by atoms with E-state index in [-0.39, 0.29) is 11.3 Å². The lowest BCUT2D eigenvalue weighted by atomic mass is 9.86. The van der Waals surface area contributed by atoms with Crippen LogP contribution in [0.15, 0.2) is 24.3 Å². The second-order valence-electron chi connectivity index (χ2n) is 5.72. The molecule has 0 aromatic heterocycles. The highest BCUT2D eigenvalue weighted by atomic mass is 16.2. The first-order valence-electron chi connectivity index (χ1n) is 6.05. The van der Waals surface area contributed by atoms with Crippen molar-refractivity contribution in [3.8, 4) is 0 Å². The molecule has 4 heteroatoms. The second-order valence-corrected chi connectivity index (χ2v) is 5.72. The lowest BCUT2D eigenvalue weighted by Crippen LogP contribution is -2.42. The number of nitrogens with zero attached hydrogens (tertiary/aromatic N) is 1. The number of hydrazine groups is 1. The quantitative estimate of drug-likeness (QED) is 0.800. The molecule has 1 aromatic carbocycles. The zero-order valence-electron chi connectivity index (χ0n) is 11.8. The van der Waals surface area contributed by atoms with E-state index in [1.54, 1.807) is 19.1 Å². The van der Waals surface area contributed by atoms with Gasteiger partial charge < -0.3 is 5.73 Å². The molecule has 0 saturated heterocycles. The molecule has 1 unspecified atom stereocenters. The van der Waals surface area contributed by atoms with Crippen molar-refractivity contribution in [1.82, 2.24) is 10.4 Å². The summed E-state index contributed by atoms with van der Waals surface area (Å²) < 4.78 is 0. The summed E-state index contributed by atoms with van der Waals surface area (Å²) in [7, 11) is 3.51. The standard InChI is InChI=1S/C14H23N3O/c1-14(2,3)11-8-6-10(7-9-11)12(15)13(18)16-17(4)5/h6-9,12H,15H2,1-5H3,(H,16,18). The Morgan fingerprint density at radius 1 is 1.22 bits per heavy atom. The van der Waals surface area contributed by atoms with E-state index in [1.807, 2.05) is 24.3 Å². The van der Waals surface area contributed by atoms with Crippen LogP contribution in [-0.4, -0.2) is 25.0 Å². The SMILES string of the molecule is CN(C)NC(=O)C(N)c1ccc(C(C)(C)C)cc1. The first kappa shape index (κ1) is 14.7. The number of hydrogen-bond donors (Lipinski definition) is 2. The Labute approximate surface area is 109 Å². The van der Waals surface area contributed by atoms with E-state index >= 15 is 0 Å². The molecular weight excluding hydrogens is 226 g/mol. The fraction of sp³-hybridized carbons (Fsp3) is 0.500. The molecule has 0 spiro atoms. The normalized spacial score (nSPS) is 13.5. The lowest BCUT2D eigenvalue weighted by Gasteiger charge is -2.21. The third-order valence-corrected chi connectivity index (χ3v) is 2.75. The minimum Gasteiger partial charge on any atom is -0.316 e. The number of amides is 1. The molecule has 18 heavy (non-hydrogen) atoms. The summed E-state index contributed by atoms with van der Waals surface area (Å²) in [5.41, 5.74) is 10.7. The maximum Gasteiger partial charge on any atom is 0.255 e. The number of nitrogens with two attached hydrogens (primary N) is 1. The van der Waals surface area contributed by atoms with Crippen molar-refractivity contribution in [3.63, 3.8) is 0 Å². The first-order chi connectivity index (χ1) is 8.21. The van der Waals surface area contributed by atoms with Gasteiger partial charge in [-0.15, -0.1) is 0 Å². The third kappa shape index (κ3) is 3.82. The van der Waals surface area contributed by atoms with Crippen LogP contribution in [0.25, 0.3) is 0 Å². The van der Waals surface area contributed by atoms with Crippen molar-refractivity contribution in [3.05, 3.63) is 35.4 Å². The van der Waals surface area contributed by atoms with Gasteiger partial charge in [0.2, 0.25) is 0 Å². The molecule has 1 amide bonds. The van der Waals surface area contributed by atoms with Gasteiger partial charge in [-0.2, -0.15) is 0 Å². The van der Waals surface area contributed by atoms with E-state index in [0.717, 1.165) is 5.56 Å². The van der Waals surface area contributed by atoms with Gasteiger partial charge in [-0.05, 0) is 16.5 Å². The summed E-state index contributed by atoms with van der Waals surface area (Å²) in [6, 6.07) is 7.25. The van der Waals surface area contributed by atoms with Gasteiger partial charge in [0, 0.05) is 14.1 Å².